The lowest BCUT2D eigenvalue weighted by molar-refractivity contribution is -0.124. The van der Waals surface area contributed by atoms with Crippen LogP contribution in [0.3, 0.4) is 0 Å². The number of primary amides is 1. The first-order valence-electron chi connectivity index (χ1n) is 7.60. The first-order chi connectivity index (χ1) is 11.9. The van der Waals surface area contributed by atoms with E-state index in [1.54, 1.807) is 31.2 Å². The number of carbonyl (C=O) groups is 2. The Morgan fingerprint density at radius 3 is 2.64 bits per heavy atom. The molecule has 1 fully saturated rings. The summed E-state index contributed by atoms with van der Waals surface area (Å²) in [7, 11) is 0. The molecule has 2 heterocycles. The maximum atomic E-state index is 12.7. The number of rotatable bonds is 3. The van der Waals surface area contributed by atoms with Gasteiger partial charge < -0.3 is 15.1 Å². The number of amides is 2. The number of aromatic nitrogens is 1. The van der Waals surface area contributed by atoms with Crippen LogP contribution in [0.2, 0.25) is 5.02 Å². The first kappa shape index (κ1) is 17.0. The van der Waals surface area contributed by atoms with E-state index in [9.17, 15) is 14.9 Å². The van der Waals surface area contributed by atoms with Crippen LogP contribution in [-0.4, -0.2) is 34.8 Å². The third-order valence-electron chi connectivity index (χ3n) is 4.33. The van der Waals surface area contributed by atoms with E-state index in [1.807, 2.05) is 6.07 Å². The first-order valence-corrected chi connectivity index (χ1v) is 7.98. The summed E-state index contributed by atoms with van der Waals surface area (Å²) in [5, 5.41) is 9.84. The van der Waals surface area contributed by atoms with Crippen molar-refractivity contribution in [3.63, 3.8) is 0 Å². The highest BCUT2D eigenvalue weighted by Gasteiger charge is 2.46. The maximum absolute atomic E-state index is 12.7. The number of aryl methyl sites for hydroxylation is 1. The van der Waals surface area contributed by atoms with Crippen molar-refractivity contribution < 1.29 is 14.0 Å². The second-order valence-electron chi connectivity index (χ2n) is 5.97. The Bertz CT molecular complexity index is 884. The lowest BCUT2D eigenvalue weighted by Crippen LogP contribution is -2.40. The fourth-order valence-electron chi connectivity index (χ4n) is 2.79. The SMILES string of the molecule is Cc1oc(-c2ccc(Cl)cc2)nc1C(=O)N1CCC(C#N)(C(N)=O)C1. The summed E-state index contributed by atoms with van der Waals surface area (Å²) < 4.78 is 5.59. The van der Waals surface area contributed by atoms with Gasteiger partial charge >= 0.3 is 0 Å². The standard InChI is InChI=1S/C17H15ClN4O3/c1-10-13(21-14(25-10)11-2-4-12(18)5-3-11)15(23)22-7-6-17(8-19,9-22)16(20)24/h2-5H,6-7,9H2,1H3,(H2,20,24). The second-order valence-corrected chi connectivity index (χ2v) is 6.40. The Hall–Kier alpha value is -2.85. The quantitative estimate of drug-likeness (QED) is 0.902. The number of nitriles is 1. The number of oxazole rings is 1. The number of halogens is 1. The van der Waals surface area contributed by atoms with Crippen molar-refractivity contribution in [1.29, 1.82) is 5.26 Å². The zero-order chi connectivity index (χ0) is 18.2. The van der Waals surface area contributed by atoms with E-state index in [-0.39, 0.29) is 31.1 Å². The van der Waals surface area contributed by atoms with Gasteiger partial charge in [0.2, 0.25) is 11.8 Å². The highest BCUT2D eigenvalue weighted by Crippen LogP contribution is 2.31. The summed E-state index contributed by atoms with van der Waals surface area (Å²) in [5.74, 6) is -0.439. The zero-order valence-corrected chi connectivity index (χ0v) is 14.2. The average Bonchev–Trinajstić information content (AvgIpc) is 3.20. The minimum atomic E-state index is -1.34. The van der Waals surface area contributed by atoms with E-state index in [1.165, 1.54) is 4.90 Å². The second kappa shape index (κ2) is 6.22. The number of hydrogen-bond donors (Lipinski definition) is 1. The van der Waals surface area contributed by atoms with Gasteiger partial charge in [0.1, 0.15) is 5.76 Å². The van der Waals surface area contributed by atoms with Crippen molar-refractivity contribution in [1.82, 2.24) is 9.88 Å². The number of likely N-dealkylation sites (tertiary alicyclic amines) is 1. The molecule has 0 spiro atoms. The molecule has 2 amide bonds. The van der Waals surface area contributed by atoms with Crippen LogP contribution in [-0.2, 0) is 4.79 Å². The Morgan fingerprint density at radius 1 is 1.40 bits per heavy atom. The van der Waals surface area contributed by atoms with Gasteiger partial charge in [-0.05, 0) is 37.6 Å². The highest BCUT2D eigenvalue weighted by molar-refractivity contribution is 6.30. The largest absolute Gasteiger partial charge is 0.441 e. The molecule has 1 unspecified atom stereocenters. The van der Waals surface area contributed by atoms with Crippen LogP contribution in [0, 0.1) is 23.7 Å². The molecule has 8 heteroatoms. The number of benzene rings is 1. The molecular weight excluding hydrogens is 344 g/mol. The third-order valence-corrected chi connectivity index (χ3v) is 4.58. The molecule has 1 saturated heterocycles. The minimum absolute atomic E-state index is 0.0414. The Morgan fingerprint density at radius 2 is 2.08 bits per heavy atom. The molecule has 1 aromatic heterocycles. The van der Waals surface area contributed by atoms with Crippen molar-refractivity contribution in [3.8, 4) is 17.5 Å². The van der Waals surface area contributed by atoms with E-state index in [0.717, 1.165) is 0 Å². The highest BCUT2D eigenvalue weighted by atomic mass is 35.5. The summed E-state index contributed by atoms with van der Waals surface area (Å²) in [5.41, 5.74) is 4.83. The molecule has 128 valence electrons. The number of nitrogens with two attached hydrogens (primary N) is 1. The summed E-state index contributed by atoms with van der Waals surface area (Å²) in [4.78, 5) is 30.0. The number of nitrogens with zero attached hydrogens (tertiary/aromatic N) is 3. The zero-order valence-electron chi connectivity index (χ0n) is 13.5. The molecule has 25 heavy (non-hydrogen) atoms. The molecule has 0 aliphatic carbocycles. The predicted octanol–water partition coefficient (Wildman–Crippen LogP) is 2.14. The lowest BCUT2D eigenvalue weighted by Gasteiger charge is -2.18. The Labute approximate surface area is 149 Å². The molecule has 7 nitrogen and oxygen atoms in total. The Balaban J connectivity index is 1.86. The van der Waals surface area contributed by atoms with Crippen LogP contribution in [0.25, 0.3) is 11.5 Å². The third kappa shape index (κ3) is 2.96. The molecule has 1 atom stereocenters. The summed E-state index contributed by atoms with van der Waals surface area (Å²) >= 11 is 5.86. The van der Waals surface area contributed by atoms with Crippen molar-refractivity contribution in [2.75, 3.05) is 13.1 Å². The van der Waals surface area contributed by atoms with Crippen LogP contribution in [0.1, 0.15) is 22.7 Å². The van der Waals surface area contributed by atoms with E-state index in [0.29, 0.717) is 22.2 Å². The van der Waals surface area contributed by atoms with Crippen molar-refractivity contribution >= 4 is 23.4 Å². The van der Waals surface area contributed by atoms with Gasteiger partial charge in [0.25, 0.3) is 5.91 Å². The summed E-state index contributed by atoms with van der Waals surface area (Å²) in [6.45, 7) is 1.86. The number of carbonyl (C=O) groups excluding carboxylic acids is 2. The molecular formula is C17H15ClN4O3. The van der Waals surface area contributed by atoms with Gasteiger partial charge in [-0.1, -0.05) is 11.6 Å². The molecule has 0 saturated carbocycles. The lowest BCUT2D eigenvalue weighted by atomic mass is 9.88. The van der Waals surface area contributed by atoms with Gasteiger partial charge in [-0.3, -0.25) is 9.59 Å². The molecule has 1 aliphatic heterocycles. The molecule has 0 radical (unpaired) electrons. The van der Waals surface area contributed by atoms with Gasteiger partial charge in [0, 0.05) is 23.7 Å². The fraction of sp³-hybridized carbons (Fsp3) is 0.294. The van der Waals surface area contributed by atoms with Gasteiger partial charge in [-0.25, -0.2) is 4.98 Å². The number of hydrogen-bond acceptors (Lipinski definition) is 5. The Kier molecular flexibility index (Phi) is 4.23. The van der Waals surface area contributed by atoms with Crippen LogP contribution in [0.5, 0.6) is 0 Å². The average molecular weight is 359 g/mol. The fourth-order valence-corrected chi connectivity index (χ4v) is 2.92. The van der Waals surface area contributed by atoms with Crippen molar-refractivity contribution in [3.05, 3.63) is 40.7 Å². The van der Waals surface area contributed by atoms with Gasteiger partial charge in [0.05, 0.1) is 6.07 Å². The smallest absolute Gasteiger partial charge is 0.276 e. The van der Waals surface area contributed by atoms with Crippen molar-refractivity contribution in [2.24, 2.45) is 11.1 Å². The van der Waals surface area contributed by atoms with E-state index in [4.69, 9.17) is 21.8 Å². The summed E-state index contributed by atoms with van der Waals surface area (Å²) in [6.07, 6.45) is 0.214. The molecule has 1 aromatic carbocycles. The maximum Gasteiger partial charge on any atom is 0.276 e. The van der Waals surface area contributed by atoms with Gasteiger partial charge in [-0.15, -0.1) is 0 Å². The van der Waals surface area contributed by atoms with Gasteiger partial charge in [-0.2, -0.15) is 5.26 Å². The molecule has 2 N–H and O–H groups in total. The van der Waals surface area contributed by atoms with Crippen molar-refractivity contribution in [2.45, 2.75) is 13.3 Å². The predicted molar refractivity (Wildman–Crippen MR) is 89.4 cm³/mol. The topological polar surface area (TPSA) is 113 Å². The molecule has 3 rings (SSSR count). The normalized spacial score (nSPS) is 19.6. The van der Waals surface area contributed by atoms with Crippen LogP contribution < -0.4 is 5.73 Å². The summed E-state index contributed by atoms with van der Waals surface area (Å²) in [6, 6.07) is 8.82. The molecule has 1 aliphatic rings. The van der Waals surface area contributed by atoms with Crippen LogP contribution in [0.15, 0.2) is 28.7 Å². The molecule has 2 aromatic rings. The monoisotopic (exact) mass is 358 g/mol. The minimum Gasteiger partial charge on any atom is -0.441 e. The van der Waals surface area contributed by atoms with E-state index >= 15 is 0 Å². The van der Waals surface area contributed by atoms with Crippen LogP contribution >= 0.6 is 11.6 Å². The van der Waals surface area contributed by atoms with Crippen LogP contribution in [0.4, 0.5) is 0 Å². The van der Waals surface area contributed by atoms with E-state index in [2.05, 4.69) is 4.98 Å². The molecule has 0 bridgehead atoms. The van der Waals surface area contributed by atoms with Gasteiger partial charge in [0.15, 0.2) is 11.1 Å². The van der Waals surface area contributed by atoms with E-state index < -0.39 is 11.3 Å².